The number of amidine groups is 2. The number of fused-ring (bicyclic) bond motifs is 1. The number of carbonyl (C=O) groups excluding carboxylic acids is 1. The van der Waals surface area contributed by atoms with Gasteiger partial charge in [0.15, 0.2) is 5.84 Å². The number of halogens is 1. The maximum Gasteiger partial charge on any atom is 0.283 e. The first kappa shape index (κ1) is 24.3. The molecule has 0 bridgehead atoms. The summed E-state index contributed by atoms with van der Waals surface area (Å²) in [7, 11) is 1.58. The highest BCUT2D eigenvalue weighted by Crippen LogP contribution is 2.32. The number of thioether (sulfide) groups is 1. The Labute approximate surface area is 209 Å². The maximum atomic E-state index is 12.8. The van der Waals surface area contributed by atoms with Gasteiger partial charge >= 0.3 is 0 Å². The topological polar surface area (TPSA) is 83.0 Å². The molecule has 1 aromatic carbocycles. The number of aliphatic imine (C=N–C) groups is 1. The Bertz CT molecular complexity index is 1240. The third-order valence-electron chi connectivity index (χ3n) is 5.90. The average Bonchev–Trinajstić information content (AvgIpc) is 3.33. The summed E-state index contributed by atoms with van der Waals surface area (Å²) in [6.45, 7) is 6.15. The Kier molecular flexibility index (Phi) is 7.28. The van der Waals surface area contributed by atoms with E-state index in [1.54, 1.807) is 13.2 Å². The summed E-state index contributed by atoms with van der Waals surface area (Å²) in [6, 6.07) is 7.60. The molecule has 0 radical (unpaired) electrons. The van der Waals surface area contributed by atoms with Crippen LogP contribution in [0.2, 0.25) is 5.02 Å². The van der Waals surface area contributed by atoms with Gasteiger partial charge in [-0.25, -0.2) is 0 Å². The van der Waals surface area contributed by atoms with Crippen LogP contribution in [0.4, 0.5) is 0 Å². The van der Waals surface area contributed by atoms with E-state index in [1.807, 2.05) is 38.1 Å². The van der Waals surface area contributed by atoms with Gasteiger partial charge in [-0.2, -0.15) is 15.1 Å². The number of hydrogen-bond donors (Lipinski definition) is 1. The Morgan fingerprint density at radius 2 is 2.00 bits per heavy atom. The van der Waals surface area contributed by atoms with Crippen LogP contribution in [-0.4, -0.2) is 38.6 Å². The number of hydrogen-bond acceptors (Lipinski definition) is 5. The number of unbranched alkanes of at least 4 members (excludes halogenated alkanes) is 3. The molecular weight excluding hydrogens is 470 g/mol. The summed E-state index contributed by atoms with van der Waals surface area (Å²) in [5, 5.41) is 16.6. The Balaban J connectivity index is 1.61. The zero-order valence-corrected chi connectivity index (χ0v) is 21.4. The van der Waals surface area contributed by atoms with Crippen molar-refractivity contribution in [3.05, 3.63) is 51.8 Å². The van der Waals surface area contributed by atoms with Crippen molar-refractivity contribution in [1.82, 2.24) is 9.58 Å². The zero-order chi connectivity index (χ0) is 24.4. The van der Waals surface area contributed by atoms with Crippen molar-refractivity contribution in [3.63, 3.8) is 0 Å². The van der Waals surface area contributed by atoms with Crippen molar-refractivity contribution < 1.29 is 9.53 Å². The number of amides is 1. The van der Waals surface area contributed by atoms with Crippen LogP contribution in [0.15, 0.2) is 39.9 Å². The summed E-state index contributed by atoms with van der Waals surface area (Å²) in [4.78, 5) is 17.0. The highest BCUT2D eigenvalue weighted by Gasteiger charge is 2.35. The summed E-state index contributed by atoms with van der Waals surface area (Å²) >= 11 is 7.73. The molecule has 0 saturated carbocycles. The summed E-state index contributed by atoms with van der Waals surface area (Å²) in [6.07, 6.45) is 7.15. The number of hydrazone groups is 1. The number of aromatic nitrogens is 1. The number of aryl methyl sites for hydroxylation is 1. The SMILES string of the molecule is CCCCCCC1=NN2C(=N)/C(=C\c3cc(C)n(-c4ccc(OC)c(Cl)c4)c3C)C(=O)N=C2S1. The number of ether oxygens (including phenoxy) is 1. The van der Waals surface area contributed by atoms with Gasteiger partial charge in [0.1, 0.15) is 10.8 Å². The van der Waals surface area contributed by atoms with E-state index in [0.29, 0.717) is 15.9 Å². The minimum Gasteiger partial charge on any atom is -0.495 e. The van der Waals surface area contributed by atoms with E-state index in [0.717, 1.165) is 46.9 Å². The van der Waals surface area contributed by atoms with Gasteiger partial charge < -0.3 is 9.30 Å². The fourth-order valence-electron chi connectivity index (χ4n) is 4.12. The molecular formula is C25H28ClN5O2S. The lowest BCUT2D eigenvalue weighted by molar-refractivity contribution is -0.114. The molecule has 34 heavy (non-hydrogen) atoms. The van der Waals surface area contributed by atoms with E-state index in [4.69, 9.17) is 21.7 Å². The minimum absolute atomic E-state index is 0.0587. The zero-order valence-electron chi connectivity index (χ0n) is 19.8. The molecule has 1 N–H and O–H groups in total. The van der Waals surface area contributed by atoms with Crippen molar-refractivity contribution >= 4 is 51.4 Å². The molecule has 4 rings (SSSR count). The second kappa shape index (κ2) is 10.2. The van der Waals surface area contributed by atoms with E-state index in [9.17, 15) is 4.79 Å². The Hall–Kier alpha value is -2.84. The van der Waals surface area contributed by atoms with Crippen molar-refractivity contribution in [1.29, 1.82) is 5.41 Å². The second-order valence-electron chi connectivity index (χ2n) is 8.31. The standard InChI is InChI=1S/C25H28ClN5O2S/c1-5-6-7-8-9-22-29-31-23(27)19(24(32)28-25(31)34-22)13-17-12-15(2)30(16(17)3)18-10-11-21(33-4)20(26)14-18/h10-14,27H,5-9H2,1-4H3/b19-13+,27-23?. The van der Waals surface area contributed by atoms with E-state index >= 15 is 0 Å². The maximum absolute atomic E-state index is 12.8. The van der Waals surface area contributed by atoms with Crippen molar-refractivity contribution in [3.8, 4) is 11.4 Å². The normalized spacial score (nSPS) is 16.7. The van der Waals surface area contributed by atoms with Gasteiger partial charge in [-0.3, -0.25) is 10.2 Å². The van der Waals surface area contributed by atoms with E-state index in [-0.39, 0.29) is 11.4 Å². The average molecular weight is 498 g/mol. The van der Waals surface area contributed by atoms with Crippen LogP contribution in [0.5, 0.6) is 5.75 Å². The lowest BCUT2D eigenvalue weighted by atomic mass is 10.1. The molecule has 0 fully saturated rings. The third kappa shape index (κ3) is 4.70. The fourth-order valence-corrected chi connectivity index (χ4v) is 5.30. The summed E-state index contributed by atoms with van der Waals surface area (Å²) < 4.78 is 7.32. The quantitative estimate of drug-likeness (QED) is 0.340. The van der Waals surface area contributed by atoms with Crippen molar-refractivity contribution in [2.24, 2.45) is 10.1 Å². The number of nitrogens with one attached hydrogen (secondary N) is 1. The van der Waals surface area contributed by atoms with Crippen LogP contribution in [0.3, 0.4) is 0 Å². The van der Waals surface area contributed by atoms with E-state index in [2.05, 4.69) is 21.6 Å². The number of rotatable bonds is 8. The second-order valence-corrected chi connectivity index (χ2v) is 9.75. The highest BCUT2D eigenvalue weighted by molar-refractivity contribution is 8.26. The molecule has 2 aromatic rings. The Morgan fingerprint density at radius 3 is 2.71 bits per heavy atom. The first-order valence-corrected chi connectivity index (χ1v) is 12.6. The van der Waals surface area contributed by atoms with Crippen molar-refractivity contribution in [2.75, 3.05) is 7.11 Å². The van der Waals surface area contributed by atoms with Gasteiger partial charge in [0, 0.05) is 17.1 Å². The van der Waals surface area contributed by atoms with Crippen LogP contribution < -0.4 is 4.74 Å². The highest BCUT2D eigenvalue weighted by atomic mass is 35.5. The molecule has 1 aromatic heterocycles. The van der Waals surface area contributed by atoms with Gasteiger partial charge in [-0.1, -0.05) is 37.8 Å². The number of nitrogens with zero attached hydrogens (tertiary/aromatic N) is 4. The number of methoxy groups -OCH3 is 1. The van der Waals surface area contributed by atoms with Crippen molar-refractivity contribution in [2.45, 2.75) is 52.9 Å². The van der Waals surface area contributed by atoms with Crippen LogP contribution in [0.25, 0.3) is 11.8 Å². The fraction of sp³-hybridized carbons (Fsp3) is 0.360. The molecule has 0 spiro atoms. The van der Waals surface area contributed by atoms with Crippen LogP contribution in [0, 0.1) is 19.3 Å². The minimum atomic E-state index is -0.413. The molecule has 3 heterocycles. The summed E-state index contributed by atoms with van der Waals surface area (Å²) in [5.41, 5.74) is 3.87. The first-order chi connectivity index (χ1) is 16.3. The molecule has 2 aliphatic rings. The lowest BCUT2D eigenvalue weighted by Crippen LogP contribution is -2.35. The monoisotopic (exact) mass is 497 g/mol. The molecule has 0 saturated heterocycles. The van der Waals surface area contributed by atoms with E-state index in [1.165, 1.54) is 29.6 Å². The van der Waals surface area contributed by atoms with Gasteiger partial charge in [0.25, 0.3) is 5.91 Å². The first-order valence-electron chi connectivity index (χ1n) is 11.4. The predicted octanol–water partition coefficient (Wildman–Crippen LogP) is 6.35. The molecule has 9 heteroatoms. The number of carbonyl (C=O) groups is 1. The number of benzene rings is 1. The van der Waals surface area contributed by atoms with Gasteiger partial charge in [-0.15, -0.1) is 0 Å². The molecule has 0 aliphatic carbocycles. The van der Waals surface area contributed by atoms with Gasteiger partial charge in [-0.05, 0) is 74.4 Å². The van der Waals surface area contributed by atoms with Gasteiger partial charge in [0.05, 0.1) is 17.7 Å². The Morgan fingerprint density at radius 1 is 1.21 bits per heavy atom. The van der Waals surface area contributed by atoms with E-state index < -0.39 is 5.91 Å². The third-order valence-corrected chi connectivity index (χ3v) is 7.17. The molecule has 2 aliphatic heterocycles. The largest absolute Gasteiger partial charge is 0.495 e. The predicted molar refractivity (Wildman–Crippen MR) is 141 cm³/mol. The van der Waals surface area contributed by atoms with Crippen LogP contribution in [0.1, 0.15) is 56.0 Å². The van der Waals surface area contributed by atoms with Gasteiger partial charge in [0.2, 0.25) is 5.17 Å². The summed E-state index contributed by atoms with van der Waals surface area (Å²) in [5.74, 6) is 0.255. The van der Waals surface area contributed by atoms with Crippen LogP contribution in [-0.2, 0) is 4.79 Å². The lowest BCUT2D eigenvalue weighted by Gasteiger charge is -2.20. The van der Waals surface area contributed by atoms with Crippen LogP contribution >= 0.6 is 23.4 Å². The molecule has 178 valence electrons. The molecule has 7 nitrogen and oxygen atoms in total. The smallest absolute Gasteiger partial charge is 0.283 e. The molecule has 1 amide bonds. The molecule has 0 atom stereocenters. The molecule has 0 unspecified atom stereocenters.